The first-order chi connectivity index (χ1) is 3.80. The van der Waals surface area contributed by atoms with E-state index in [-0.39, 0.29) is 0 Å². The van der Waals surface area contributed by atoms with Crippen molar-refractivity contribution in [2.24, 2.45) is 0 Å². The number of carbonyl (C=O) groups is 1. The molecule has 3 nitrogen and oxygen atoms in total. The van der Waals surface area contributed by atoms with Gasteiger partial charge in [-0.25, -0.2) is 9.90 Å². The molecule has 0 spiro atoms. The zero-order valence-electron chi connectivity index (χ0n) is 4.22. The van der Waals surface area contributed by atoms with Crippen molar-refractivity contribution in [2.45, 2.75) is 5.37 Å². The van der Waals surface area contributed by atoms with E-state index in [1.54, 1.807) is 0 Å². The highest BCUT2D eigenvalue weighted by molar-refractivity contribution is 8.00. The van der Waals surface area contributed by atoms with Crippen LogP contribution in [0.3, 0.4) is 0 Å². The minimum atomic E-state index is -1.01. The number of nitrogens with one attached hydrogen (secondary N) is 1. The van der Waals surface area contributed by atoms with Gasteiger partial charge in [0.2, 0.25) is 0 Å². The zero-order valence-corrected chi connectivity index (χ0v) is 5.03. The van der Waals surface area contributed by atoms with Gasteiger partial charge in [0.25, 0.3) is 0 Å². The molecule has 4 heteroatoms. The second-order valence-corrected chi connectivity index (χ2v) is 2.74. The predicted molar refractivity (Wildman–Crippen MR) is 29.9 cm³/mol. The summed E-state index contributed by atoms with van der Waals surface area (Å²) in [6.45, 7) is 0.781. The van der Waals surface area contributed by atoms with Crippen LogP contribution in [0, 0.1) is 0 Å². The predicted octanol–water partition coefficient (Wildman–Crippen LogP) is -0.394. The molecule has 0 aliphatic carbocycles. The van der Waals surface area contributed by atoms with Crippen molar-refractivity contribution in [1.82, 2.24) is 5.32 Å². The van der Waals surface area contributed by atoms with E-state index < -0.39 is 11.3 Å². The summed E-state index contributed by atoms with van der Waals surface area (Å²) >= 11 is 1.38. The molecule has 0 aromatic rings. The molecular weight excluding hydrogens is 126 g/mol. The standard InChI is InChI=1S/C4H6NO2S/c6-4(7)3-5-1-2-8-3/h3,5H,1-2H2. The maximum absolute atomic E-state index is 10.0. The Hall–Kier alpha value is -0.220. The molecule has 1 aliphatic heterocycles. The lowest BCUT2D eigenvalue weighted by atomic mass is 10.6. The van der Waals surface area contributed by atoms with Crippen LogP contribution in [0.4, 0.5) is 0 Å². The van der Waals surface area contributed by atoms with Crippen LogP contribution in [0.2, 0.25) is 0 Å². The highest BCUT2D eigenvalue weighted by Crippen LogP contribution is 2.12. The minimum absolute atomic E-state index is 0.463. The van der Waals surface area contributed by atoms with Crippen LogP contribution in [-0.2, 0) is 9.90 Å². The Morgan fingerprint density at radius 3 is 2.75 bits per heavy atom. The van der Waals surface area contributed by atoms with Crippen LogP contribution in [0.5, 0.6) is 0 Å². The highest BCUT2D eigenvalue weighted by atomic mass is 32.2. The van der Waals surface area contributed by atoms with Gasteiger partial charge < -0.3 is 0 Å². The largest absolute Gasteiger partial charge is 0.382 e. The molecule has 1 N–H and O–H groups in total. The number of carbonyl (C=O) groups excluding carboxylic acids is 1. The van der Waals surface area contributed by atoms with Crippen LogP contribution >= 0.6 is 11.8 Å². The molecule has 1 unspecified atom stereocenters. The van der Waals surface area contributed by atoms with Gasteiger partial charge >= 0.3 is 5.97 Å². The smallest absolute Gasteiger partial charge is 0.295 e. The summed E-state index contributed by atoms with van der Waals surface area (Å²) in [6, 6.07) is 0. The summed E-state index contributed by atoms with van der Waals surface area (Å²) in [7, 11) is 0. The second-order valence-electron chi connectivity index (χ2n) is 1.52. The van der Waals surface area contributed by atoms with E-state index in [4.69, 9.17) is 0 Å². The van der Waals surface area contributed by atoms with Crippen molar-refractivity contribution in [3.8, 4) is 0 Å². The Morgan fingerprint density at radius 1 is 1.75 bits per heavy atom. The van der Waals surface area contributed by atoms with Gasteiger partial charge in [-0.2, -0.15) is 0 Å². The fourth-order valence-corrected chi connectivity index (χ4v) is 1.42. The van der Waals surface area contributed by atoms with E-state index in [0.717, 1.165) is 12.3 Å². The molecule has 1 fully saturated rings. The van der Waals surface area contributed by atoms with Crippen molar-refractivity contribution >= 4 is 17.7 Å². The van der Waals surface area contributed by atoms with Gasteiger partial charge in [0.1, 0.15) is 0 Å². The fraction of sp³-hybridized carbons (Fsp3) is 0.750. The molecule has 0 bridgehead atoms. The van der Waals surface area contributed by atoms with Crippen molar-refractivity contribution in [3.05, 3.63) is 0 Å². The van der Waals surface area contributed by atoms with Gasteiger partial charge in [0.05, 0.1) is 0 Å². The lowest BCUT2D eigenvalue weighted by Gasteiger charge is -1.96. The summed E-state index contributed by atoms with van der Waals surface area (Å²) in [4.78, 5) is 10.0. The first-order valence-corrected chi connectivity index (χ1v) is 3.41. The number of rotatable bonds is 1. The normalized spacial score (nSPS) is 28.2. The van der Waals surface area contributed by atoms with Gasteiger partial charge in [-0.1, -0.05) is 0 Å². The summed E-state index contributed by atoms with van der Waals surface area (Å²) in [6.07, 6.45) is 0. The van der Waals surface area contributed by atoms with Gasteiger partial charge in [0, 0.05) is 12.3 Å². The summed E-state index contributed by atoms with van der Waals surface area (Å²) in [5.41, 5.74) is 0. The minimum Gasteiger partial charge on any atom is -0.295 e. The molecule has 0 saturated carbocycles. The average molecular weight is 132 g/mol. The van der Waals surface area contributed by atoms with Crippen LogP contribution in [0.15, 0.2) is 0 Å². The Morgan fingerprint density at radius 2 is 2.50 bits per heavy atom. The monoisotopic (exact) mass is 132 g/mol. The molecule has 45 valence electrons. The van der Waals surface area contributed by atoms with Crippen molar-refractivity contribution < 1.29 is 9.90 Å². The topological polar surface area (TPSA) is 49.0 Å². The molecule has 1 rings (SSSR count). The van der Waals surface area contributed by atoms with E-state index in [9.17, 15) is 9.90 Å². The third-order valence-corrected chi connectivity index (χ3v) is 2.06. The summed E-state index contributed by atoms with van der Waals surface area (Å²) in [5, 5.41) is 12.3. The second kappa shape index (κ2) is 2.37. The first-order valence-electron chi connectivity index (χ1n) is 2.36. The van der Waals surface area contributed by atoms with Crippen molar-refractivity contribution in [2.75, 3.05) is 12.3 Å². The van der Waals surface area contributed by atoms with Crippen LogP contribution in [0.25, 0.3) is 0 Å². The maximum Gasteiger partial charge on any atom is 0.382 e. The molecule has 1 atom stereocenters. The van der Waals surface area contributed by atoms with E-state index in [1.165, 1.54) is 11.8 Å². The van der Waals surface area contributed by atoms with Gasteiger partial charge in [-0.3, -0.25) is 5.32 Å². The Kier molecular flexibility index (Phi) is 1.75. The van der Waals surface area contributed by atoms with E-state index in [1.807, 2.05) is 0 Å². The third kappa shape index (κ3) is 1.14. The molecule has 1 saturated heterocycles. The quantitative estimate of drug-likeness (QED) is 0.528. The molecule has 8 heavy (non-hydrogen) atoms. The number of hydrogen-bond donors (Lipinski definition) is 1. The molecule has 1 heterocycles. The Labute approximate surface area is 51.5 Å². The molecule has 1 radical (unpaired) electrons. The van der Waals surface area contributed by atoms with E-state index in [0.29, 0.717) is 0 Å². The fourth-order valence-electron chi connectivity index (χ4n) is 0.577. The lowest BCUT2D eigenvalue weighted by molar-refractivity contribution is -0.142. The van der Waals surface area contributed by atoms with E-state index in [2.05, 4.69) is 5.32 Å². The summed E-state index contributed by atoms with van der Waals surface area (Å²) in [5.74, 6) is -0.133. The Balaban J connectivity index is 2.35. The van der Waals surface area contributed by atoms with Gasteiger partial charge in [-0.15, -0.1) is 11.8 Å². The molecular formula is C4H6NO2S. The maximum atomic E-state index is 10.0. The van der Waals surface area contributed by atoms with Gasteiger partial charge in [-0.05, 0) is 0 Å². The van der Waals surface area contributed by atoms with Crippen LogP contribution < -0.4 is 5.32 Å². The number of thioether (sulfide) groups is 1. The van der Waals surface area contributed by atoms with Crippen LogP contribution in [-0.4, -0.2) is 23.6 Å². The van der Waals surface area contributed by atoms with Crippen LogP contribution in [0.1, 0.15) is 0 Å². The molecule has 0 aromatic heterocycles. The first kappa shape index (κ1) is 5.91. The lowest BCUT2D eigenvalue weighted by Crippen LogP contribution is -2.27. The number of hydrogen-bond acceptors (Lipinski definition) is 3. The van der Waals surface area contributed by atoms with Crippen molar-refractivity contribution in [3.63, 3.8) is 0 Å². The Bertz CT molecular complexity index is 100. The summed E-state index contributed by atoms with van der Waals surface area (Å²) < 4.78 is 0. The van der Waals surface area contributed by atoms with E-state index >= 15 is 0 Å². The SMILES string of the molecule is [O]C(=O)C1NCCS1. The molecule has 0 aromatic carbocycles. The average Bonchev–Trinajstić information content (AvgIpc) is 2.12. The van der Waals surface area contributed by atoms with Gasteiger partial charge in [0.15, 0.2) is 5.37 Å². The highest BCUT2D eigenvalue weighted by Gasteiger charge is 2.22. The molecule has 1 aliphatic rings. The molecule has 0 amide bonds. The third-order valence-electron chi connectivity index (χ3n) is 0.930. The zero-order chi connectivity index (χ0) is 5.98. The van der Waals surface area contributed by atoms with Crippen molar-refractivity contribution in [1.29, 1.82) is 0 Å².